The third kappa shape index (κ3) is 2.29. The summed E-state index contributed by atoms with van der Waals surface area (Å²) in [5, 5.41) is 2.50. The molecule has 0 amide bonds. The second-order valence-corrected chi connectivity index (χ2v) is 5.20. The lowest BCUT2D eigenvalue weighted by molar-refractivity contribution is -0.687. The minimum absolute atomic E-state index is 0.901. The number of pyridine rings is 1. The van der Waals surface area contributed by atoms with Gasteiger partial charge < -0.3 is 0 Å². The molecule has 0 atom stereocenters. The van der Waals surface area contributed by atoms with Crippen LogP contribution in [0.15, 0.2) is 71.5 Å². The summed E-state index contributed by atoms with van der Waals surface area (Å²) in [6.45, 7) is 0.901. The fourth-order valence-electron chi connectivity index (χ4n) is 2.11. The Morgan fingerprint density at radius 3 is 2.56 bits per heavy atom. The van der Waals surface area contributed by atoms with Crippen molar-refractivity contribution >= 4 is 26.7 Å². The normalized spacial score (nSPS) is 10.7. The highest BCUT2D eigenvalue weighted by Crippen LogP contribution is 2.21. The number of nitrogens with zero attached hydrogens (tertiary/aromatic N) is 1. The first-order valence-corrected chi connectivity index (χ1v) is 6.73. The quantitative estimate of drug-likeness (QED) is 0.631. The molecule has 1 aromatic heterocycles. The van der Waals surface area contributed by atoms with E-state index in [0.717, 1.165) is 11.0 Å². The Morgan fingerprint density at radius 2 is 1.72 bits per heavy atom. The number of fused-ring (bicyclic) bond motifs is 1. The van der Waals surface area contributed by atoms with E-state index in [0.29, 0.717) is 0 Å². The molecule has 2 heteroatoms. The molecular weight excluding hydrogens is 286 g/mol. The largest absolute Gasteiger partial charge is 0.200 e. The molecule has 1 heterocycles. The highest BCUT2D eigenvalue weighted by molar-refractivity contribution is 9.10. The molecule has 0 N–H and O–H groups in total. The van der Waals surface area contributed by atoms with Crippen LogP contribution in [0.1, 0.15) is 5.56 Å². The van der Waals surface area contributed by atoms with Crippen molar-refractivity contribution in [1.82, 2.24) is 0 Å². The Morgan fingerprint density at radius 1 is 0.889 bits per heavy atom. The second kappa shape index (κ2) is 4.91. The van der Waals surface area contributed by atoms with Crippen molar-refractivity contribution in [2.45, 2.75) is 6.54 Å². The smallest absolute Gasteiger partial charge is 0.178 e. The van der Waals surface area contributed by atoms with Crippen molar-refractivity contribution in [2.75, 3.05) is 0 Å². The molecule has 0 aliphatic carbocycles. The highest BCUT2D eigenvalue weighted by atomic mass is 79.9. The van der Waals surface area contributed by atoms with Crippen molar-refractivity contribution in [3.05, 3.63) is 77.0 Å². The fourth-order valence-corrected chi connectivity index (χ4v) is 2.60. The number of benzene rings is 2. The zero-order valence-corrected chi connectivity index (χ0v) is 11.5. The number of rotatable bonds is 2. The lowest BCUT2D eigenvalue weighted by Gasteiger charge is -2.01. The maximum atomic E-state index is 3.60. The molecular formula is C16H13BrN+. The van der Waals surface area contributed by atoms with Crippen molar-refractivity contribution in [1.29, 1.82) is 0 Å². The number of hydrogen-bond acceptors (Lipinski definition) is 0. The molecule has 0 radical (unpaired) electrons. The van der Waals surface area contributed by atoms with Gasteiger partial charge in [0.05, 0.1) is 5.39 Å². The average Bonchev–Trinajstić information content (AvgIpc) is 2.41. The standard InChI is InChI=1S/C16H13BrN/c17-16-8-4-7-14-9-10-18(12-15(14)16)11-13-5-2-1-3-6-13/h1-10,12H,11H2/q+1. The molecule has 0 aliphatic rings. The topological polar surface area (TPSA) is 3.88 Å². The van der Waals surface area contributed by atoms with E-state index in [1.807, 2.05) is 6.07 Å². The van der Waals surface area contributed by atoms with Gasteiger partial charge in [-0.3, -0.25) is 0 Å². The van der Waals surface area contributed by atoms with Crippen LogP contribution in [0.25, 0.3) is 10.8 Å². The van der Waals surface area contributed by atoms with Gasteiger partial charge in [0.25, 0.3) is 0 Å². The first-order chi connectivity index (χ1) is 8.83. The maximum Gasteiger partial charge on any atom is 0.178 e. The second-order valence-electron chi connectivity index (χ2n) is 4.35. The van der Waals surface area contributed by atoms with E-state index in [1.54, 1.807) is 0 Å². The molecule has 3 aromatic rings. The fraction of sp³-hybridized carbons (Fsp3) is 0.0625. The SMILES string of the molecule is Brc1cccc2cc[n+](Cc3ccccc3)cc12. The first-order valence-electron chi connectivity index (χ1n) is 5.94. The van der Waals surface area contributed by atoms with Gasteiger partial charge in [0, 0.05) is 16.1 Å². The molecule has 0 saturated heterocycles. The van der Waals surface area contributed by atoms with Crippen LogP contribution in [0.3, 0.4) is 0 Å². The van der Waals surface area contributed by atoms with Crippen LogP contribution in [-0.4, -0.2) is 0 Å². The minimum atomic E-state index is 0.901. The third-order valence-corrected chi connectivity index (χ3v) is 3.73. The van der Waals surface area contributed by atoms with Gasteiger partial charge in [0.2, 0.25) is 0 Å². The Labute approximate surface area is 115 Å². The summed E-state index contributed by atoms with van der Waals surface area (Å²) < 4.78 is 3.35. The van der Waals surface area contributed by atoms with Gasteiger partial charge in [-0.05, 0) is 27.4 Å². The third-order valence-electron chi connectivity index (χ3n) is 3.04. The maximum absolute atomic E-state index is 3.60. The van der Waals surface area contributed by atoms with Gasteiger partial charge in [-0.15, -0.1) is 0 Å². The zero-order valence-electron chi connectivity index (χ0n) is 9.88. The van der Waals surface area contributed by atoms with Gasteiger partial charge in [0.15, 0.2) is 18.9 Å². The van der Waals surface area contributed by atoms with Crippen molar-refractivity contribution in [3.63, 3.8) is 0 Å². The van der Waals surface area contributed by atoms with Crippen LogP contribution in [-0.2, 0) is 6.54 Å². The molecule has 0 fully saturated rings. The molecule has 88 valence electrons. The molecule has 0 bridgehead atoms. The van der Waals surface area contributed by atoms with Gasteiger partial charge >= 0.3 is 0 Å². The summed E-state index contributed by atoms with van der Waals surface area (Å²) in [6, 6.07) is 18.9. The van der Waals surface area contributed by atoms with Crippen LogP contribution < -0.4 is 4.57 Å². The van der Waals surface area contributed by atoms with Gasteiger partial charge in [0.1, 0.15) is 0 Å². The van der Waals surface area contributed by atoms with E-state index < -0.39 is 0 Å². The van der Waals surface area contributed by atoms with E-state index >= 15 is 0 Å². The van der Waals surface area contributed by atoms with Crippen LogP contribution in [0.5, 0.6) is 0 Å². The Hall–Kier alpha value is -1.67. The summed E-state index contributed by atoms with van der Waals surface area (Å²) in [6.07, 6.45) is 4.31. The molecule has 0 spiro atoms. The van der Waals surface area contributed by atoms with Gasteiger partial charge in [-0.1, -0.05) is 42.5 Å². The summed E-state index contributed by atoms with van der Waals surface area (Å²) in [5.74, 6) is 0. The van der Waals surface area contributed by atoms with Crippen LogP contribution in [0.2, 0.25) is 0 Å². The summed E-state index contributed by atoms with van der Waals surface area (Å²) in [4.78, 5) is 0. The molecule has 1 nitrogen and oxygen atoms in total. The monoisotopic (exact) mass is 298 g/mol. The van der Waals surface area contributed by atoms with Crippen molar-refractivity contribution in [2.24, 2.45) is 0 Å². The predicted molar refractivity (Wildman–Crippen MR) is 77.4 cm³/mol. The molecule has 0 saturated carbocycles. The Balaban J connectivity index is 2.01. The van der Waals surface area contributed by atoms with E-state index in [-0.39, 0.29) is 0 Å². The summed E-state index contributed by atoms with van der Waals surface area (Å²) in [5.41, 5.74) is 1.31. The molecule has 0 aliphatic heterocycles. The predicted octanol–water partition coefficient (Wildman–Crippen LogP) is 3.94. The van der Waals surface area contributed by atoms with Crippen molar-refractivity contribution in [3.8, 4) is 0 Å². The first kappa shape index (κ1) is 11.4. The Kier molecular flexibility index (Phi) is 3.11. The van der Waals surface area contributed by atoms with Crippen molar-refractivity contribution < 1.29 is 4.57 Å². The lowest BCUT2D eigenvalue weighted by atomic mass is 10.1. The van der Waals surface area contributed by atoms with Gasteiger partial charge in [-0.25, -0.2) is 4.57 Å². The number of hydrogen-bond donors (Lipinski definition) is 0. The van der Waals surface area contributed by atoms with Crippen LogP contribution in [0.4, 0.5) is 0 Å². The molecule has 3 rings (SSSR count). The lowest BCUT2D eigenvalue weighted by Crippen LogP contribution is -2.33. The number of halogens is 1. The van der Waals surface area contributed by atoms with Gasteiger partial charge in [-0.2, -0.15) is 0 Å². The molecule has 0 unspecified atom stereocenters. The zero-order chi connectivity index (χ0) is 12.4. The minimum Gasteiger partial charge on any atom is -0.200 e. The summed E-state index contributed by atoms with van der Waals surface area (Å²) >= 11 is 3.60. The van der Waals surface area contributed by atoms with E-state index in [4.69, 9.17) is 0 Å². The highest BCUT2D eigenvalue weighted by Gasteiger charge is 2.06. The average molecular weight is 299 g/mol. The Bertz CT molecular complexity index is 677. The molecule has 18 heavy (non-hydrogen) atoms. The van der Waals surface area contributed by atoms with Crippen LogP contribution >= 0.6 is 15.9 Å². The summed E-state index contributed by atoms with van der Waals surface area (Å²) in [7, 11) is 0. The number of aromatic nitrogens is 1. The van der Waals surface area contributed by atoms with E-state index in [2.05, 4.69) is 81.4 Å². The van der Waals surface area contributed by atoms with E-state index in [9.17, 15) is 0 Å². The van der Waals surface area contributed by atoms with E-state index in [1.165, 1.54) is 16.3 Å². The molecule has 2 aromatic carbocycles. The van der Waals surface area contributed by atoms with Crippen LogP contribution in [0, 0.1) is 0 Å².